The number of aliphatic hydroxyl groups excluding tert-OH is 5. The molecule has 12 aliphatic rings. The number of rotatable bonds is 20. The summed E-state index contributed by atoms with van der Waals surface area (Å²) in [4.78, 5) is 0. The zero-order valence-corrected chi connectivity index (χ0v) is 73.6. The zero-order chi connectivity index (χ0) is 80.1. The minimum absolute atomic E-state index is 0. The van der Waals surface area contributed by atoms with Crippen molar-refractivity contribution in [2.45, 2.75) is 296 Å². The van der Waals surface area contributed by atoms with Gasteiger partial charge in [-0.15, -0.1) is 0 Å². The van der Waals surface area contributed by atoms with E-state index in [1.54, 1.807) is 22.3 Å². The molecule has 0 aromatic heterocycles. The minimum Gasteiger partial charge on any atom is -0.396 e. The lowest BCUT2D eigenvalue weighted by Crippen LogP contribution is -2.49. The molecule has 10 N–H and O–H groups in total. The summed E-state index contributed by atoms with van der Waals surface area (Å²) in [5.41, 5.74) is 19.8. The van der Waals surface area contributed by atoms with Gasteiger partial charge in [0.25, 0.3) is 10.1 Å². The van der Waals surface area contributed by atoms with Crippen molar-refractivity contribution in [1.29, 1.82) is 0 Å². The van der Waals surface area contributed by atoms with Gasteiger partial charge in [-0.2, -0.15) is 8.42 Å². The van der Waals surface area contributed by atoms with E-state index >= 15 is 0 Å². The standard InChI is InChI=1S/C23H41NO5S2.C22H39NO3S.C21H37NO4S.C20H35NO2.CH4/c1-16-9-12-23(4,17(13-16)15-29-31(6,27)28)21-8-7-20-18(10-11-22(20,2)3)19(21)14-24-30(5,25)26;1-15-8-11-22(4,16(12-15)14-24)20-7-6-19-17(9-10-21(19,2)3)18(20)13-23-27(5,25)26;1-20(2)9-8-16-17(12-22-27(4,25)26)19(6-5-18(16)20)21(3)10-7-15(24)11-14(21)13-23;1-19(2)8-7-15-16(11-21)18(5-4-17(15)19)20(3)9-6-14(23)10-13(20)12-22;/h16-17,19,21,24H,7-15H2,1-6H3;15-16,18,20,23-24H,6-14H2,1-5H3;14-15,17,19,22-24H,5-13H2,1-4H3;13-14,16,18,22-23H,4-12,21H2,1-3H3;1H4/t16-,17+,19-,21-,23-;15-,16+,18-,20-,22-;14-,15+,17+,19+,21+;13-,14+,16+,18+,20+;/m0011./s1. The van der Waals surface area contributed by atoms with Gasteiger partial charge in [-0.05, 0) is 300 Å². The Kier molecular flexibility index (Phi) is 30.2. The van der Waals surface area contributed by atoms with Gasteiger partial charge in [-0.25, -0.2) is 39.4 Å². The summed E-state index contributed by atoms with van der Waals surface area (Å²) in [6.07, 6.45) is 33.8. The van der Waals surface area contributed by atoms with Crippen LogP contribution in [-0.2, 0) is 44.4 Å². The molecular formula is C87H156N4O14S4. The lowest BCUT2D eigenvalue weighted by Gasteiger charge is -2.53. The molecule has 0 spiro atoms. The highest BCUT2D eigenvalue weighted by Gasteiger charge is 2.57. The van der Waals surface area contributed by atoms with Crippen molar-refractivity contribution in [3.05, 3.63) is 44.6 Å². The molecule has 632 valence electrons. The highest BCUT2D eigenvalue weighted by atomic mass is 32.2. The molecule has 4 fully saturated rings. The SMILES string of the molecule is C.CC1(C)CCC2=C1CC[C@H]([C@@]1(C)CC[C@H](O)C[C@@H]1CO)[C@H]2CN.CC1(C)CCC2=C1CC[C@H]([C@@]1(C)CC[C@H](O)C[C@@H]1CO)[C@H]2CNS(C)(=O)=O.C[C@H]1CC[C@](C)([C@H]2CCC3=C(CCC3(C)C)[C@@H]2CNS(C)(=O)=O)[C@@H](CO)C1.C[C@H]1CC[C@](C)([C@H]2CCC3=C(CCC3(C)C)[C@@H]2CNS(C)(=O)=O)[C@@H](COS(C)(=O)=O)C1. The summed E-state index contributed by atoms with van der Waals surface area (Å²) < 4.78 is 108. The fraction of sp³-hybridized carbons (Fsp3) is 0.908. The maximum absolute atomic E-state index is 12.0. The summed E-state index contributed by atoms with van der Waals surface area (Å²) >= 11 is 0. The maximum Gasteiger partial charge on any atom is 0.264 e. The van der Waals surface area contributed by atoms with Gasteiger partial charge in [0.1, 0.15) is 0 Å². The van der Waals surface area contributed by atoms with Crippen molar-refractivity contribution >= 4 is 40.2 Å². The van der Waals surface area contributed by atoms with Crippen LogP contribution in [0.25, 0.3) is 0 Å². The van der Waals surface area contributed by atoms with Crippen LogP contribution in [0.5, 0.6) is 0 Å². The summed E-state index contributed by atoms with van der Waals surface area (Å²) in [6, 6.07) is 0. The van der Waals surface area contributed by atoms with Crippen LogP contribution in [0.3, 0.4) is 0 Å². The first-order valence-electron chi connectivity index (χ1n) is 42.4. The molecule has 109 heavy (non-hydrogen) atoms. The van der Waals surface area contributed by atoms with Gasteiger partial charge in [0, 0.05) is 39.5 Å². The van der Waals surface area contributed by atoms with Gasteiger partial charge in [0.2, 0.25) is 30.1 Å². The molecule has 0 radical (unpaired) electrons. The highest BCUT2D eigenvalue weighted by Crippen LogP contribution is 2.65. The van der Waals surface area contributed by atoms with Crippen molar-refractivity contribution in [1.82, 2.24) is 14.2 Å². The molecule has 20 atom stereocenters. The summed E-state index contributed by atoms with van der Waals surface area (Å²) in [5.74, 6) is 4.74. The molecule has 22 heteroatoms. The number of allylic oxidation sites excluding steroid dienone is 4. The van der Waals surface area contributed by atoms with Crippen molar-refractivity contribution in [3.63, 3.8) is 0 Å². The molecule has 0 aliphatic heterocycles. The average molecular weight is 1610 g/mol. The summed E-state index contributed by atoms with van der Waals surface area (Å²) in [6.45, 7) is 35.4. The van der Waals surface area contributed by atoms with Crippen molar-refractivity contribution in [2.75, 3.05) is 77.6 Å². The van der Waals surface area contributed by atoms with Crippen LogP contribution >= 0.6 is 0 Å². The second kappa shape index (κ2) is 35.5. The van der Waals surface area contributed by atoms with E-state index in [4.69, 9.17) is 9.92 Å². The Morgan fingerprint density at radius 3 is 0.908 bits per heavy atom. The number of nitrogens with one attached hydrogen (secondary N) is 3. The molecule has 0 bridgehead atoms. The second-order valence-corrected chi connectivity index (χ2v) is 48.3. The zero-order valence-electron chi connectivity index (χ0n) is 70.3. The quantitative estimate of drug-likeness (QED) is 0.0404. The van der Waals surface area contributed by atoms with E-state index in [1.165, 1.54) is 79.6 Å². The monoisotopic (exact) mass is 1610 g/mol. The predicted molar refractivity (Wildman–Crippen MR) is 444 cm³/mol. The van der Waals surface area contributed by atoms with Crippen LogP contribution in [0, 0.1) is 126 Å². The third kappa shape index (κ3) is 21.1. The van der Waals surface area contributed by atoms with Gasteiger partial charge in [0.15, 0.2) is 0 Å². The molecule has 0 saturated heterocycles. The Bertz CT molecular complexity index is 3630. The van der Waals surface area contributed by atoms with E-state index in [-0.39, 0.29) is 119 Å². The topological polar surface area (TPSA) is 309 Å². The summed E-state index contributed by atoms with van der Waals surface area (Å²) in [7, 11) is -13.2. The first-order chi connectivity index (χ1) is 49.9. The fourth-order valence-corrected chi connectivity index (χ4v) is 27.5. The smallest absolute Gasteiger partial charge is 0.264 e. The van der Waals surface area contributed by atoms with E-state index in [1.807, 2.05) is 0 Å². The van der Waals surface area contributed by atoms with E-state index in [2.05, 4.69) is 111 Å². The van der Waals surface area contributed by atoms with Crippen LogP contribution in [0.1, 0.15) is 284 Å². The second-order valence-electron chi connectivity index (χ2n) is 41.1. The third-order valence-corrected chi connectivity index (χ3v) is 35.2. The average Bonchev–Trinajstić information content (AvgIpc) is 1.72. The van der Waals surface area contributed by atoms with Gasteiger partial charge >= 0.3 is 0 Å². The molecule has 0 aromatic carbocycles. The number of hydrogen-bond acceptors (Lipinski definition) is 15. The summed E-state index contributed by atoms with van der Waals surface area (Å²) in [5, 5.41) is 50.3. The Morgan fingerprint density at radius 2 is 0.633 bits per heavy atom. The normalized spacial score (nSPS) is 39.1. The number of hydrogen-bond donors (Lipinski definition) is 9. The van der Waals surface area contributed by atoms with Gasteiger partial charge < -0.3 is 31.3 Å². The Morgan fingerprint density at radius 1 is 0.376 bits per heavy atom. The van der Waals surface area contributed by atoms with E-state index < -0.39 is 40.2 Å². The Balaban J connectivity index is 0.000000183. The van der Waals surface area contributed by atoms with Gasteiger partial charge in [-0.1, -0.05) is 162 Å². The van der Waals surface area contributed by atoms with Gasteiger partial charge in [0.05, 0.1) is 43.8 Å². The molecule has 18 nitrogen and oxygen atoms in total. The van der Waals surface area contributed by atoms with Crippen LogP contribution in [0.15, 0.2) is 44.6 Å². The maximum atomic E-state index is 12.0. The van der Waals surface area contributed by atoms with Gasteiger partial charge in [-0.3, -0.25) is 4.18 Å². The molecule has 0 heterocycles. The number of aliphatic hydroxyl groups is 5. The first-order valence-corrected chi connectivity index (χ1v) is 49.9. The lowest BCUT2D eigenvalue weighted by atomic mass is 9.53. The molecule has 12 aliphatic carbocycles. The van der Waals surface area contributed by atoms with E-state index in [0.29, 0.717) is 78.8 Å². The number of nitrogens with two attached hydrogens (primary N) is 1. The molecular weight excluding hydrogens is 1450 g/mol. The van der Waals surface area contributed by atoms with Crippen LogP contribution < -0.4 is 19.9 Å². The lowest BCUT2D eigenvalue weighted by molar-refractivity contribution is -0.0578. The fourth-order valence-electron chi connectivity index (χ4n) is 25.7. The van der Waals surface area contributed by atoms with Crippen LogP contribution in [-0.4, -0.2) is 149 Å². The molecule has 4 saturated carbocycles. The van der Waals surface area contributed by atoms with Crippen LogP contribution in [0.4, 0.5) is 0 Å². The number of sulfonamides is 3. The minimum atomic E-state index is -3.50. The third-order valence-electron chi connectivity index (χ3n) is 32.5. The largest absolute Gasteiger partial charge is 0.396 e. The highest BCUT2D eigenvalue weighted by molar-refractivity contribution is 7.89. The Hall–Kier alpha value is -1.64. The van der Waals surface area contributed by atoms with Crippen LogP contribution in [0.2, 0.25) is 0 Å². The van der Waals surface area contributed by atoms with Crippen molar-refractivity contribution in [3.8, 4) is 0 Å². The van der Waals surface area contributed by atoms with Crippen molar-refractivity contribution < 1.29 is 63.4 Å². The molecule has 0 unspecified atom stereocenters. The van der Waals surface area contributed by atoms with Crippen molar-refractivity contribution in [2.24, 2.45) is 132 Å². The molecule has 0 amide bonds. The van der Waals surface area contributed by atoms with E-state index in [9.17, 15) is 59.2 Å². The molecule has 12 rings (SSSR count). The Labute approximate surface area is 664 Å². The van der Waals surface area contributed by atoms with E-state index in [0.717, 1.165) is 148 Å². The predicted octanol–water partition coefficient (Wildman–Crippen LogP) is 14.9. The first kappa shape index (κ1) is 92.9. The molecule has 0 aromatic rings.